The molecule has 0 saturated carbocycles. The molecule has 1 fully saturated rings. The predicted molar refractivity (Wildman–Crippen MR) is 91.1 cm³/mol. The average Bonchev–Trinajstić information content (AvgIpc) is 2.55. The standard InChI is InChI=1S/C18H29N3O/c1-4-17-14-20(6-3)10-11-21(17)13-15-8-7-9-16(12-15)18(22)19-5-2/h7-9,12,17H,4-6,10-11,13-14H2,1-3H3,(H,19,22). The van der Waals surface area contributed by atoms with Crippen molar-refractivity contribution in [2.24, 2.45) is 0 Å². The van der Waals surface area contributed by atoms with Crippen molar-refractivity contribution in [3.8, 4) is 0 Å². The highest BCUT2D eigenvalue weighted by Crippen LogP contribution is 2.17. The number of nitrogens with one attached hydrogen (secondary N) is 1. The number of piperazine rings is 1. The van der Waals surface area contributed by atoms with E-state index in [2.05, 4.69) is 35.0 Å². The summed E-state index contributed by atoms with van der Waals surface area (Å²) in [5.74, 6) is 0.0205. The van der Waals surface area contributed by atoms with Crippen molar-refractivity contribution in [2.75, 3.05) is 32.7 Å². The molecule has 2 rings (SSSR count). The molecule has 1 saturated heterocycles. The Labute approximate surface area is 134 Å². The molecular formula is C18H29N3O. The summed E-state index contributed by atoms with van der Waals surface area (Å²) in [6, 6.07) is 8.65. The zero-order valence-corrected chi connectivity index (χ0v) is 14.1. The Morgan fingerprint density at radius 3 is 2.77 bits per heavy atom. The topological polar surface area (TPSA) is 35.6 Å². The van der Waals surface area contributed by atoms with Crippen LogP contribution in [0.4, 0.5) is 0 Å². The largest absolute Gasteiger partial charge is 0.352 e. The minimum Gasteiger partial charge on any atom is -0.352 e. The van der Waals surface area contributed by atoms with Crippen molar-refractivity contribution in [1.82, 2.24) is 15.1 Å². The first-order valence-corrected chi connectivity index (χ1v) is 8.51. The number of hydrogen-bond acceptors (Lipinski definition) is 3. The minimum atomic E-state index is 0.0205. The van der Waals surface area contributed by atoms with Gasteiger partial charge in [-0.15, -0.1) is 0 Å². The SMILES string of the molecule is CCNC(=O)c1cccc(CN2CCN(CC)CC2CC)c1. The van der Waals surface area contributed by atoms with E-state index >= 15 is 0 Å². The van der Waals surface area contributed by atoms with Crippen LogP contribution in [0, 0.1) is 0 Å². The lowest BCUT2D eigenvalue weighted by Gasteiger charge is -2.41. The molecule has 1 aromatic carbocycles. The van der Waals surface area contributed by atoms with Gasteiger partial charge in [0.1, 0.15) is 0 Å². The Hall–Kier alpha value is -1.39. The Morgan fingerprint density at radius 1 is 1.27 bits per heavy atom. The molecule has 22 heavy (non-hydrogen) atoms. The smallest absolute Gasteiger partial charge is 0.251 e. The Balaban J connectivity index is 2.03. The molecule has 4 heteroatoms. The van der Waals surface area contributed by atoms with Crippen LogP contribution in [-0.4, -0.2) is 54.5 Å². The van der Waals surface area contributed by atoms with E-state index in [1.165, 1.54) is 12.0 Å². The number of carbonyl (C=O) groups is 1. The lowest BCUT2D eigenvalue weighted by Crippen LogP contribution is -2.52. The molecule has 0 bridgehead atoms. The third-order valence-electron chi connectivity index (χ3n) is 4.52. The lowest BCUT2D eigenvalue weighted by molar-refractivity contribution is 0.0694. The molecule has 1 atom stereocenters. The van der Waals surface area contributed by atoms with Crippen LogP contribution >= 0.6 is 0 Å². The normalized spacial score (nSPS) is 20.0. The molecule has 1 aliphatic rings. The predicted octanol–water partition coefficient (Wildman–Crippen LogP) is 2.35. The van der Waals surface area contributed by atoms with E-state index in [-0.39, 0.29) is 5.91 Å². The first-order chi connectivity index (χ1) is 10.7. The van der Waals surface area contributed by atoms with Crippen LogP contribution in [0.3, 0.4) is 0 Å². The summed E-state index contributed by atoms with van der Waals surface area (Å²) in [5, 5.41) is 2.87. The first kappa shape index (κ1) is 17.0. The van der Waals surface area contributed by atoms with Crippen LogP contribution in [0.25, 0.3) is 0 Å². The van der Waals surface area contributed by atoms with E-state index in [9.17, 15) is 4.79 Å². The zero-order valence-electron chi connectivity index (χ0n) is 14.1. The molecule has 122 valence electrons. The molecule has 1 amide bonds. The number of likely N-dealkylation sites (N-methyl/N-ethyl adjacent to an activating group) is 1. The van der Waals surface area contributed by atoms with Crippen molar-refractivity contribution in [3.63, 3.8) is 0 Å². The number of benzene rings is 1. The van der Waals surface area contributed by atoms with Crippen molar-refractivity contribution in [3.05, 3.63) is 35.4 Å². The molecule has 1 heterocycles. The van der Waals surface area contributed by atoms with Gasteiger partial charge in [0.15, 0.2) is 0 Å². The quantitative estimate of drug-likeness (QED) is 0.876. The van der Waals surface area contributed by atoms with Gasteiger partial charge in [-0.1, -0.05) is 26.0 Å². The van der Waals surface area contributed by atoms with Gasteiger partial charge in [-0.2, -0.15) is 0 Å². The minimum absolute atomic E-state index is 0.0205. The van der Waals surface area contributed by atoms with E-state index in [1.807, 2.05) is 25.1 Å². The zero-order chi connectivity index (χ0) is 15.9. The highest BCUT2D eigenvalue weighted by molar-refractivity contribution is 5.94. The molecule has 1 aliphatic heterocycles. The van der Waals surface area contributed by atoms with Gasteiger partial charge in [0.2, 0.25) is 0 Å². The van der Waals surface area contributed by atoms with Gasteiger partial charge in [-0.25, -0.2) is 0 Å². The second kappa shape index (κ2) is 8.30. The Morgan fingerprint density at radius 2 is 2.09 bits per heavy atom. The van der Waals surface area contributed by atoms with Crippen molar-refractivity contribution in [1.29, 1.82) is 0 Å². The molecule has 0 aromatic heterocycles. The van der Waals surface area contributed by atoms with Gasteiger partial charge >= 0.3 is 0 Å². The lowest BCUT2D eigenvalue weighted by atomic mass is 10.1. The van der Waals surface area contributed by atoms with E-state index in [4.69, 9.17) is 0 Å². The van der Waals surface area contributed by atoms with Gasteiger partial charge in [0.05, 0.1) is 0 Å². The molecule has 1 aromatic rings. The van der Waals surface area contributed by atoms with Gasteiger partial charge < -0.3 is 10.2 Å². The van der Waals surface area contributed by atoms with E-state index < -0.39 is 0 Å². The maximum atomic E-state index is 12.0. The molecule has 0 aliphatic carbocycles. The van der Waals surface area contributed by atoms with Crippen molar-refractivity contribution >= 4 is 5.91 Å². The summed E-state index contributed by atoms with van der Waals surface area (Å²) >= 11 is 0. The summed E-state index contributed by atoms with van der Waals surface area (Å²) in [6.45, 7) is 12.6. The first-order valence-electron chi connectivity index (χ1n) is 8.51. The highest BCUT2D eigenvalue weighted by atomic mass is 16.1. The second-order valence-corrected chi connectivity index (χ2v) is 5.99. The van der Waals surface area contributed by atoms with Crippen LogP contribution in [0.5, 0.6) is 0 Å². The highest BCUT2D eigenvalue weighted by Gasteiger charge is 2.24. The maximum absolute atomic E-state index is 12.0. The Kier molecular flexibility index (Phi) is 6.40. The van der Waals surface area contributed by atoms with Crippen LogP contribution in [0.2, 0.25) is 0 Å². The summed E-state index contributed by atoms with van der Waals surface area (Å²) in [6.07, 6.45) is 1.17. The molecule has 4 nitrogen and oxygen atoms in total. The fourth-order valence-electron chi connectivity index (χ4n) is 3.15. The molecular weight excluding hydrogens is 274 g/mol. The molecule has 1 N–H and O–H groups in total. The van der Waals surface area contributed by atoms with Crippen molar-refractivity contribution in [2.45, 2.75) is 39.8 Å². The van der Waals surface area contributed by atoms with Crippen LogP contribution in [0.15, 0.2) is 24.3 Å². The maximum Gasteiger partial charge on any atom is 0.251 e. The van der Waals surface area contributed by atoms with E-state index in [1.54, 1.807) is 0 Å². The van der Waals surface area contributed by atoms with Gasteiger partial charge in [-0.3, -0.25) is 9.69 Å². The Bertz CT molecular complexity index is 489. The van der Waals surface area contributed by atoms with Gasteiger partial charge in [0.25, 0.3) is 5.91 Å². The fraction of sp³-hybridized carbons (Fsp3) is 0.611. The average molecular weight is 303 g/mol. The number of nitrogens with zero attached hydrogens (tertiary/aromatic N) is 2. The van der Waals surface area contributed by atoms with E-state index in [0.717, 1.165) is 38.3 Å². The van der Waals surface area contributed by atoms with E-state index in [0.29, 0.717) is 12.6 Å². The summed E-state index contributed by atoms with van der Waals surface area (Å²) in [5.41, 5.74) is 1.99. The number of amides is 1. The fourth-order valence-corrected chi connectivity index (χ4v) is 3.15. The van der Waals surface area contributed by atoms with Crippen LogP contribution < -0.4 is 5.32 Å². The van der Waals surface area contributed by atoms with Crippen LogP contribution in [0.1, 0.15) is 43.1 Å². The molecule has 1 unspecified atom stereocenters. The number of hydrogen-bond donors (Lipinski definition) is 1. The summed E-state index contributed by atoms with van der Waals surface area (Å²) < 4.78 is 0. The van der Waals surface area contributed by atoms with Crippen LogP contribution in [-0.2, 0) is 6.54 Å². The third kappa shape index (κ3) is 4.31. The molecule has 0 radical (unpaired) electrons. The van der Waals surface area contributed by atoms with Crippen molar-refractivity contribution < 1.29 is 4.79 Å². The van der Waals surface area contributed by atoms with Gasteiger partial charge in [-0.05, 0) is 37.6 Å². The van der Waals surface area contributed by atoms with Gasteiger partial charge in [0, 0.05) is 44.3 Å². The second-order valence-electron chi connectivity index (χ2n) is 5.99. The monoisotopic (exact) mass is 303 g/mol. The number of carbonyl (C=O) groups excluding carboxylic acids is 1. The summed E-state index contributed by atoms with van der Waals surface area (Å²) in [7, 11) is 0. The number of rotatable bonds is 6. The third-order valence-corrected chi connectivity index (χ3v) is 4.52. The molecule has 0 spiro atoms. The summed E-state index contributed by atoms with van der Waals surface area (Å²) in [4.78, 5) is 17.0.